The zero-order valence-electron chi connectivity index (χ0n) is 7.12. The summed E-state index contributed by atoms with van der Waals surface area (Å²) >= 11 is 0. The molecular weight excluding hydrogens is 154 g/mol. The van der Waals surface area contributed by atoms with Crippen molar-refractivity contribution in [3.8, 4) is 0 Å². The number of nitrogens with two attached hydrogens (primary N) is 1. The lowest BCUT2D eigenvalue weighted by Crippen LogP contribution is -2.59. The van der Waals surface area contributed by atoms with E-state index in [1.54, 1.807) is 0 Å². The summed E-state index contributed by atoms with van der Waals surface area (Å²) in [6.07, 6.45) is 5.13. The van der Waals surface area contributed by atoms with Gasteiger partial charge in [-0.25, -0.2) is 0 Å². The van der Waals surface area contributed by atoms with Crippen molar-refractivity contribution in [3.63, 3.8) is 0 Å². The van der Waals surface area contributed by atoms with Crippen LogP contribution in [-0.2, 0) is 4.79 Å². The van der Waals surface area contributed by atoms with Crippen LogP contribution in [0.25, 0.3) is 0 Å². The van der Waals surface area contributed by atoms with Crippen LogP contribution in [-0.4, -0.2) is 16.6 Å². The van der Waals surface area contributed by atoms with Gasteiger partial charge in [0.25, 0.3) is 0 Å². The average Bonchev–Trinajstić information content (AvgIpc) is 2.05. The van der Waals surface area contributed by atoms with Crippen molar-refractivity contribution in [1.82, 2.24) is 0 Å². The van der Waals surface area contributed by atoms with Gasteiger partial charge >= 0.3 is 5.97 Å². The van der Waals surface area contributed by atoms with Crippen molar-refractivity contribution in [2.45, 2.75) is 37.6 Å². The van der Waals surface area contributed by atoms with E-state index in [-0.39, 0.29) is 5.92 Å². The van der Waals surface area contributed by atoms with E-state index in [0.29, 0.717) is 12.3 Å². The normalized spacial score (nSPS) is 46.1. The summed E-state index contributed by atoms with van der Waals surface area (Å²) in [6.45, 7) is 0. The van der Waals surface area contributed by atoms with Gasteiger partial charge in [0.15, 0.2) is 0 Å². The average molecular weight is 169 g/mol. The van der Waals surface area contributed by atoms with Crippen molar-refractivity contribution >= 4 is 5.97 Å². The highest BCUT2D eigenvalue weighted by Gasteiger charge is 2.49. The molecule has 3 aliphatic carbocycles. The molecule has 0 saturated heterocycles. The molecule has 0 aromatic heterocycles. The molecule has 1 unspecified atom stereocenters. The molecule has 0 aromatic carbocycles. The maximum absolute atomic E-state index is 10.9. The topological polar surface area (TPSA) is 63.3 Å². The van der Waals surface area contributed by atoms with Crippen LogP contribution in [0.2, 0.25) is 0 Å². The van der Waals surface area contributed by atoms with E-state index in [0.717, 1.165) is 12.8 Å². The molecule has 3 fully saturated rings. The first kappa shape index (κ1) is 8.05. The molecule has 3 saturated carbocycles. The first-order chi connectivity index (χ1) is 5.63. The number of fused-ring (bicyclic) bond motifs is 3. The number of aliphatic carboxylic acids is 1. The van der Waals surface area contributed by atoms with E-state index < -0.39 is 11.5 Å². The lowest BCUT2D eigenvalue weighted by molar-refractivity contribution is -0.150. The van der Waals surface area contributed by atoms with E-state index in [9.17, 15) is 4.79 Å². The summed E-state index contributed by atoms with van der Waals surface area (Å²) in [5.74, 6) is 0.0213. The monoisotopic (exact) mass is 169 g/mol. The molecule has 68 valence electrons. The van der Waals surface area contributed by atoms with Crippen LogP contribution < -0.4 is 5.73 Å². The van der Waals surface area contributed by atoms with Crippen molar-refractivity contribution in [1.29, 1.82) is 0 Å². The van der Waals surface area contributed by atoms with Crippen molar-refractivity contribution in [2.24, 2.45) is 17.6 Å². The molecule has 3 nitrogen and oxygen atoms in total. The quantitative estimate of drug-likeness (QED) is 0.615. The Hall–Kier alpha value is -0.570. The Morgan fingerprint density at radius 2 is 1.92 bits per heavy atom. The smallest absolute Gasteiger partial charge is 0.323 e. The minimum Gasteiger partial charge on any atom is -0.480 e. The van der Waals surface area contributed by atoms with Crippen LogP contribution in [0.1, 0.15) is 32.1 Å². The molecular formula is C9H15NO2. The second-order valence-electron chi connectivity index (χ2n) is 4.27. The minimum atomic E-state index is -0.888. The number of rotatable bonds is 1. The zero-order chi connectivity index (χ0) is 8.77. The third-order valence-electron chi connectivity index (χ3n) is 3.60. The van der Waals surface area contributed by atoms with E-state index in [2.05, 4.69) is 0 Å². The first-order valence-electron chi connectivity index (χ1n) is 4.65. The van der Waals surface area contributed by atoms with Gasteiger partial charge in [0.05, 0.1) is 0 Å². The molecule has 12 heavy (non-hydrogen) atoms. The predicted octanol–water partition coefficient (Wildman–Crippen LogP) is 0.979. The Morgan fingerprint density at radius 3 is 2.17 bits per heavy atom. The highest BCUT2D eigenvalue weighted by molar-refractivity contribution is 5.79. The second kappa shape index (κ2) is 2.46. The van der Waals surface area contributed by atoms with Crippen LogP contribution >= 0.6 is 0 Å². The third kappa shape index (κ3) is 0.959. The van der Waals surface area contributed by atoms with Crippen molar-refractivity contribution in [3.05, 3.63) is 0 Å². The number of carbonyl (C=O) groups is 1. The molecule has 1 atom stereocenters. The summed E-state index contributed by atoms with van der Waals surface area (Å²) in [5, 5.41) is 8.99. The summed E-state index contributed by atoms with van der Waals surface area (Å²) in [6, 6.07) is 0. The summed E-state index contributed by atoms with van der Waals surface area (Å²) < 4.78 is 0. The lowest BCUT2D eigenvalue weighted by Gasteiger charge is -2.46. The Balaban J connectivity index is 2.22. The van der Waals surface area contributed by atoms with Gasteiger partial charge in [-0.2, -0.15) is 0 Å². The highest BCUT2D eigenvalue weighted by atomic mass is 16.4. The number of hydrogen-bond donors (Lipinski definition) is 2. The molecule has 3 aliphatic rings. The molecule has 3 heteroatoms. The molecule has 0 amide bonds. The maximum atomic E-state index is 10.9. The van der Waals surface area contributed by atoms with Gasteiger partial charge in [0.1, 0.15) is 5.54 Å². The lowest BCUT2D eigenvalue weighted by atomic mass is 9.61. The van der Waals surface area contributed by atoms with Gasteiger partial charge in [-0.1, -0.05) is 12.8 Å². The van der Waals surface area contributed by atoms with E-state index in [1.165, 1.54) is 12.8 Å². The van der Waals surface area contributed by atoms with Gasteiger partial charge in [0.2, 0.25) is 0 Å². The zero-order valence-corrected chi connectivity index (χ0v) is 7.12. The Labute approximate surface area is 71.9 Å². The molecule has 2 bridgehead atoms. The summed E-state index contributed by atoms with van der Waals surface area (Å²) in [5.41, 5.74) is 5.00. The predicted molar refractivity (Wildman–Crippen MR) is 44.6 cm³/mol. The number of hydrogen-bond acceptors (Lipinski definition) is 2. The van der Waals surface area contributed by atoms with Crippen LogP contribution in [0.5, 0.6) is 0 Å². The summed E-state index contributed by atoms with van der Waals surface area (Å²) in [4.78, 5) is 10.9. The van der Waals surface area contributed by atoms with Crippen molar-refractivity contribution in [2.75, 3.05) is 0 Å². The molecule has 3 rings (SSSR count). The second-order valence-corrected chi connectivity index (χ2v) is 4.27. The first-order valence-corrected chi connectivity index (χ1v) is 4.65. The fraction of sp³-hybridized carbons (Fsp3) is 0.889. The molecule has 0 spiro atoms. The molecule has 0 heterocycles. The van der Waals surface area contributed by atoms with E-state index in [1.807, 2.05) is 0 Å². The Morgan fingerprint density at radius 1 is 1.33 bits per heavy atom. The third-order valence-corrected chi connectivity index (χ3v) is 3.60. The molecule has 0 aliphatic heterocycles. The van der Waals surface area contributed by atoms with Crippen LogP contribution in [0.15, 0.2) is 0 Å². The molecule has 0 aromatic rings. The van der Waals surface area contributed by atoms with Gasteiger partial charge in [0, 0.05) is 0 Å². The summed E-state index contributed by atoms with van der Waals surface area (Å²) in [7, 11) is 0. The fourth-order valence-corrected chi connectivity index (χ4v) is 2.79. The molecule has 0 radical (unpaired) electrons. The van der Waals surface area contributed by atoms with Crippen molar-refractivity contribution < 1.29 is 9.90 Å². The molecule has 3 N–H and O–H groups in total. The fourth-order valence-electron chi connectivity index (χ4n) is 2.79. The highest BCUT2D eigenvalue weighted by Crippen LogP contribution is 2.46. The van der Waals surface area contributed by atoms with Crippen LogP contribution in [0, 0.1) is 11.8 Å². The number of carboxylic acids is 1. The van der Waals surface area contributed by atoms with Gasteiger partial charge in [-0.15, -0.1) is 0 Å². The Bertz CT molecular complexity index is 209. The van der Waals surface area contributed by atoms with Gasteiger partial charge in [-0.05, 0) is 31.1 Å². The van der Waals surface area contributed by atoms with Gasteiger partial charge < -0.3 is 10.8 Å². The van der Waals surface area contributed by atoms with Crippen LogP contribution in [0.3, 0.4) is 0 Å². The standard InChI is InChI=1S/C9H15NO2/c10-9(8(11)12)5-6-1-3-7(9)4-2-6/h6-7H,1-5,10H2,(H,11,12). The van der Waals surface area contributed by atoms with E-state index in [4.69, 9.17) is 10.8 Å². The number of carboxylic acid groups (broad SMARTS) is 1. The Kier molecular flexibility index (Phi) is 1.65. The van der Waals surface area contributed by atoms with E-state index >= 15 is 0 Å². The maximum Gasteiger partial charge on any atom is 0.323 e. The SMILES string of the molecule is NC1(C(=O)O)CC2CCC1CC2. The van der Waals surface area contributed by atoms with Gasteiger partial charge in [-0.3, -0.25) is 4.79 Å². The van der Waals surface area contributed by atoms with Crippen LogP contribution in [0.4, 0.5) is 0 Å². The minimum absolute atomic E-state index is 0.236. The largest absolute Gasteiger partial charge is 0.480 e.